The lowest BCUT2D eigenvalue weighted by Crippen LogP contribution is -2.25. The number of hydrogen-bond acceptors (Lipinski definition) is 5. The van der Waals surface area contributed by atoms with Crippen LogP contribution in [0.5, 0.6) is 0 Å². The second-order valence-electron chi connectivity index (χ2n) is 7.09. The molecule has 0 aliphatic heterocycles. The largest absolute Gasteiger partial charge is 0.454 e. The van der Waals surface area contributed by atoms with E-state index in [1.54, 1.807) is 17.9 Å². The SMILES string of the molecule is COCCOCCNC(=O)/C=C/c1cn(-c2ccccc2)nc1-c1cc2ccccc2o1. The standard InChI is InChI=1S/C25H25N3O4/c1-30-15-16-31-14-13-26-24(29)12-11-20-18-28(21-8-3-2-4-9-21)27-25(20)23-17-19-7-5-6-10-22(19)32-23/h2-12,17-18H,13-16H2,1H3,(H,26,29)/b12-11+. The maximum absolute atomic E-state index is 12.2. The summed E-state index contributed by atoms with van der Waals surface area (Å²) in [6.07, 6.45) is 5.12. The maximum Gasteiger partial charge on any atom is 0.244 e. The van der Waals surface area contributed by atoms with Crippen LogP contribution < -0.4 is 5.32 Å². The Kier molecular flexibility index (Phi) is 7.12. The summed E-state index contributed by atoms with van der Waals surface area (Å²) in [6, 6.07) is 19.6. The van der Waals surface area contributed by atoms with Gasteiger partial charge in [0.05, 0.1) is 25.5 Å². The average molecular weight is 431 g/mol. The summed E-state index contributed by atoms with van der Waals surface area (Å²) in [4.78, 5) is 12.2. The number of fused-ring (bicyclic) bond motifs is 1. The van der Waals surface area contributed by atoms with Crippen LogP contribution in [0.15, 0.2) is 77.4 Å². The summed E-state index contributed by atoms with van der Waals surface area (Å²) in [5, 5.41) is 8.54. The lowest BCUT2D eigenvalue weighted by atomic mass is 10.2. The van der Waals surface area contributed by atoms with Gasteiger partial charge >= 0.3 is 0 Å². The second kappa shape index (κ2) is 10.6. The average Bonchev–Trinajstić information content (AvgIpc) is 3.44. The zero-order chi connectivity index (χ0) is 22.2. The molecule has 0 atom stereocenters. The molecule has 2 aromatic heterocycles. The number of para-hydroxylation sites is 2. The van der Waals surface area contributed by atoms with E-state index in [0.717, 1.165) is 22.2 Å². The predicted octanol–water partition coefficient (Wildman–Crippen LogP) is 4.08. The fraction of sp³-hybridized carbons (Fsp3) is 0.200. The van der Waals surface area contributed by atoms with Crippen molar-refractivity contribution in [2.24, 2.45) is 0 Å². The number of methoxy groups -OCH3 is 1. The second-order valence-corrected chi connectivity index (χ2v) is 7.09. The molecule has 0 bridgehead atoms. The highest BCUT2D eigenvalue weighted by atomic mass is 16.5. The number of hydrogen-bond donors (Lipinski definition) is 1. The van der Waals surface area contributed by atoms with Crippen molar-refractivity contribution >= 4 is 23.0 Å². The van der Waals surface area contributed by atoms with Crippen molar-refractivity contribution in [2.45, 2.75) is 0 Å². The first-order valence-corrected chi connectivity index (χ1v) is 10.4. The Hall–Kier alpha value is -3.68. The van der Waals surface area contributed by atoms with Gasteiger partial charge in [-0.2, -0.15) is 5.10 Å². The van der Waals surface area contributed by atoms with Crippen molar-refractivity contribution in [1.82, 2.24) is 15.1 Å². The van der Waals surface area contributed by atoms with Crippen molar-refractivity contribution in [1.29, 1.82) is 0 Å². The topological polar surface area (TPSA) is 78.5 Å². The first kappa shape index (κ1) is 21.5. The van der Waals surface area contributed by atoms with E-state index in [-0.39, 0.29) is 5.91 Å². The highest BCUT2D eigenvalue weighted by Gasteiger charge is 2.15. The van der Waals surface area contributed by atoms with Gasteiger partial charge in [0.25, 0.3) is 0 Å². The number of nitrogens with zero attached hydrogens (tertiary/aromatic N) is 2. The Bertz CT molecular complexity index is 1160. The Morgan fingerprint density at radius 2 is 1.91 bits per heavy atom. The van der Waals surface area contributed by atoms with Gasteiger partial charge in [-0.25, -0.2) is 4.68 Å². The van der Waals surface area contributed by atoms with E-state index in [4.69, 9.17) is 19.0 Å². The van der Waals surface area contributed by atoms with E-state index >= 15 is 0 Å². The Balaban J connectivity index is 1.54. The Morgan fingerprint density at radius 3 is 2.72 bits per heavy atom. The van der Waals surface area contributed by atoms with Gasteiger partial charge in [-0.15, -0.1) is 0 Å². The summed E-state index contributed by atoms with van der Waals surface area (Å²) in [5.41, 5.74) is 3.15. The van der Waals surface area contributed by atoms with Gasteiger partial charge < -0.3 is 19.2 Å². The molecule has 4 rings (SSSR count). The lowest BCUT2D eigenvalue weighted by Gasteiger charge is -2.03. The van der Waals surface area contributed by atoms with E-state index in [1.807, 2.05) is 66.9 Å². The van der Waals surface area contributed by atoms with Gasteiger partial charge in [0.1, 0.15) is 11.3 Å². The van der Waals surface area contributed by atoms with Crippen LogP contribution in [0.1, 0.15) is 5.56 Å². The minimum atomic E-state index is -0.205. The molecule has 2 heterocycles. The van der Waals surface area contributed by atoms with Crippen LogP contribution in [0, 0.1) is 0 Å². The predicted molar refractivity (Wildman–Crippen MR) is 124 cm³/mol. The summed E-state index contributed by atoms with van der Waals surface area (Å²) < 4.78 is 18.1. The molecule has 1 N–H and O–H groups in total. The quantitative estimate of drug-likeness (QED) is 0.302. The normalized spacial score (nSPS) is 11.4. The molecule has 0 saturated heterocycles. The molecule has 0 spiro atoms. The third kappa shape index (κ3) is 5.32. The van der Waals surface area contributed by atoms with Gasteiger partial charge in [-0.05, 0) is 30.3 Å². The van der Waals surface area contributed by atoms with Crippen LogP contribution in [-0.2, 0) is 14.3 Å². The number of carbonyl (C=O) groups excluding carboxylic acids is 1. The van der Waals surface area contributed by atoms with Crippen LogP contribution in [0.2, 0.25) is 0 Å². The van der Waals surface area contributed by atoms with Crippen molar-refractivity contribution in [2.75, 3.05) is 33.5 Å². The van der Waals surface area contributed by atoms with Gasteiger partial charge in [0, 0.05) is 36.9 Å². The van der Waals surface area contributed by atoms with Crippen LogP contribution >= 0.6 is 0 Å². The van der Waals surface area contributed by atoms with Crippen molar-refractivity contribution in [3.05, 3.63) is 78.5 Å². The van der Waals surface area contributed by atoms with E-state index in [2.05, 4.69) is 5.32 Å². The molecule has 0 fully saturated rings. The number of carbonyl (C=O) groups is 1. The summed E-state index contributed by atoms with van der Waals surface area (Å²) in [6.45, 7) is 1.89. The molecule has 4 aromatic rings. The zero-order valence-electron chi connectivity index (χ0n) is 17.9. The first-order chi connectivity index (χ1) is 15.7. The molecule has 0 saturated carbocycles. The third-order valence-electron chi connectivity index (χ3n) is 4.81. The van der Waals surface area contributed by atoms with Crippen molar-refractivity contribution in [3.63, 3.8) is 0 Å². The molecule has 0 aliphatic carbocycles. The number of nitrogens with one attached hydrogen (secondary N) is 1. The minimum Gasteiger partial charge on any atom is -0.454 e. The molecule has 7 nitrogen and oxygen atoms in total. The Morgan fingerprint density at radius 1 is 1.09 bits per heavy atom. The van der Waals surface area contributed by atoms with Gasteiger partial charge in [0.15, 0.2) is 5.76 Å². The third-order valence-corrected chi connectivity index (χ3v) is 4.81. The molecule has 7 heteroatoms. The molecular formula is C25H25N3O4. The van der Waals surface area contributed by atoms with E-state index in [9.17, 15) is 4.79 Å². The number of ether oxygens (including phenoxy) is 2. The monoisotopic (exact) mass is 431 g/mol. The molecule has 164 valence electrons. The van der Waals surface area contributed by atoms with Crippen LogP contribution in [-0.4, -0.2) is 49.2 Å². The molecule has 0 aliphatic rings. The van der Waals surface area contributed by atoms with Crippen molar-refractivity contribution < 1.29 is 18.7 Å². The zero-order valence-corrected chi connectivity index (χ0v) is 17.9. The van der Waals surface area contributed by atoms with Crippen LogP contribution in [0.25, 0.3) is 34.2 Å². The summed E-state index contributed by atoms with van der Waals surface area (Å²) in [5.74, 6) is 0.441. The lowest BCUT2D eigenvalue weighted by molar-refractivity contribution is -0.116. The summed E-state index contributed by atoms with van der Waals surface area (Å²) >= 11 is 0. The molecular weight excluding hydrogens is 406 g/mol. The fourth-order valence-corrected chi connectivity index (χ4v) is 3.23. The first-order valence-electron chi connectivity index (χ1n) is 10.4. The molecule has 0 radical (unpaired) electrons. The number of benzene rings is 2. The fourth-order valence-electron chi connectivity index (χ4n) is 3.23. The molecule has 1 amide bonds. The molecule has 0 unspecified atom stereocenters. The van der Waals surface area contributed by atoms with E-state index in [1.165, 1.54) is 6.08 Å². The van der Waals surface area contributed by atoms with Gasteiger partial charge in [-0.3, -0.25) is 4.79 Å². The minimum absolute atomic E-state index is 0.205. The molecule has 2 aromatic carbocycles. The Labute approximate surface area is 186 Å². The number of aromatic nitrogens is 2. The number of furan rings is 1. The summed E-state index contributed by atoms with van der Waals surface area (Å²) in [7, 11) is 1.62. The van der Waals surface area contributed by atoms with Crippen molar-refractivity contribution in [3.8, 4) is 17.1 Å². The van der Waals surface area contributed by atoms with E-state index < -0.39 is 0 Å². The molecule has 32 heavy (non-hydrogen) atoms. The highest BCUT2D eigenvalue weighted by molar-refractivity contribution is 5.93. The highest BCUT2D eigenvalue weighted by Crippen LogP contribution is 2.30. The van der Waals surface area contributed by atoms with Gasteiger partial charge in [-0.1, -0.05) is 36.4 Å². The maximum atomic E-state index is 12.2. The van der Waals surface area contributed by atoms with Crippen LogP contribution in [0.4, 0.5) is 0 Å². The van der Waals surface area contributed by atoms with Gasteiger partial charge in [0.2, 0.25) is 5.91 Å². The number of amides is 1. The van der Waals surface area contributed by atoms with Crippen LogP contribution in [0.3, 0.4) is 0 Å². The number of rotatable bonds is 10. The smallest absolute Gasteiger partial charge is 0.244 e. The van der Waals surface area contributed by atoms with E-state index in [0.29, 0.717) is 37.8 Å².